The largest absolute Gasteiger partial charge is 0.297 e. The van der Waals surface area contributed by atoms with Crippen molar-refractivity contribution in [3.63, 3.8) is 0 Å². The van der Waals surface area contributed by atoms with E-state index in [1.54, 1.807) is 12.3 Å². The van der Waals surface area contributed by atoms with E-state index in [-0.39, 0.29) is 11.7 Å². The maximum atomic E-state index is 12.8. The number of aromatic nitrogens is 2. The molecule has 3 rings (SSSR count). The molecule has 0 amide bonds. The molecule has 1 aromatic carbocycles. The number of ketones is 1. The number of Topliss-reactive ketones (excluding diaryl/α,β-unsaturated/α-hetero) is 1. The third kappa shape index (κ3) is 3.39. The number of carbonyl (C=O) groups excluding carboxylic acids is 1. The molecule has 1 aliphatic rings. The van der Waals surface area contributed by atoms with Crippen LogP contribution in [0, 0.1) is 12.8 Å². The normalized spacial score (nSPS) is 19.3. The van der Waals surface area contributed by atoms with Crippen molar-refractivity contribution in [2.75, 3.05) is 13.1 Å². The molecular formula is C17H20ClN3O. The number of hydrogen-bond donors (Lipinski definition) is 1. The Labute approximate surface area is 135 Å². The Hall–Kier alpha value is -1.65. The van der Waals surface area contributed by atoms with Gasteiger partial charge in [-0.3, -0.25) is 14.8 Å². The number of halogens is 1. The molecule has 1 saturated heterocycles. The van der Waals surface area contributed by atoms with Crippen LogP contribution in [0.25, 0.3) is 0 Å². The molecule has 1 N–H and O–H groups in total. The Morgan fingerprint density at radius 1 is 1.45 bits per heavy atom. The molecular weight excluding hydrogens is 298 g/mol. The van der Waals surface area contributed by atoms with E-state index in [1.807, 2.05) is 25.1 Å². The highest BCUT2D eigenvalue weighted by Gasteiger charge is 2.27. The van der Waals surface area contributed by atoms with Crippen LogP contribution >= 0.6 is 11.6 Å². The van der Waals surface area contributed by atoms with Crippen LogP contribution in [0.1, 0.15) is 34.5 Å². The number of likely N-dealkylation sites (tertiary alicyclic amines) is 1. The molecule has 22 heavy (non-hydrogen) atoms. The number of rotatable bonds is 4. The number of nitrogens with zero attached hydrogens (tertiary/aromatic N) is 2. The summed E-state index contributed by atoms with van der Waals surface area (Å²) in [7, 11) is 0. The van der Waals surface area contributed by atoms with Crippen molar-refractivity contribution in [2.45, 2.75) is 26.3 Å². The lowest BCUT2D eigenvalue weighted by atomic mass is 9.88. The van der Waals surface area contributed by atoms with Gasteiger partial charge in [-0.1, -0.05) is 11.6 Å². The first-order valence-electron chi connectivity index (χ1n) is 7.64. The van der Waals surface area contributed by atoms with Gasteiger partial charge in [-0.15, -0.1) is 0 Å². The Bertz CT molecular complexity index is 654. The minimum Gasteiger partial charge on any atom is -0.297 e. The third-order valence-electron chi connectivity index (χ3n) is 4.28. The first-order valence-corrected chi connectivity index (χ1v) is 8.02. The van der Waals surface area contributed by atoms with Gasteiger partial charge in [0.25, 0.3) is 0 Å². The average molecular weight is 318 g/mol. The van der Waals surface area contributed by atoms with Gasteiger partial charge in [-0.25, -0.2) is 0 Å². The van der Waals surface area contributed by atoms with Gasteiger partial charge in [-0.05, 0) is 56.1 Å². The van der Waals surface area contributed by atoms with Crippen molar-refractivity contribution in [1.29, 1.82) is 0 Å². The average Bonchev–Trinajstić information content (AvgIpc) is 3.00. The lowest BCUT2D eigenvalue weighted by Gasteiger charge is -2.31. The second kappa shape index (κ2) is 6.63. The van der Waals surface area contributed by atoms with Gasteiger partial charge in [0, 0.05) is 41.5 Å². The van der Waals surface area contributed by atoms with Gasteiger partial charge in [0.05, 0.1) is 0 Å². The van der Waals surface area contributed by atoms with Crippen LogP contribution in [0.15, 0.2) is 30.5 Å². The maximum absolute atomic E-state index is 12.8. The molecule has 116 valence electrons. The number of carbonyl (C=O) groups is 1. The van der Waals surface area contributed by atoms with Crippen molar-refractivity contribution >= 4 is 17.4 Å². The van der Waals surface area contributed by atoms with Crippen LogP contribution in [-0.4, -0.2) is 34.0 Å². The predicted octanol–water partition coefficient (Wildman–Crippen LogP) is 3.47. The zero-order valence-electron chi connectivity index (χ0n) is 12.7. The SMILES string of the molecule is Cc1cc(Cl)ccc1C(=O)C1CCCN(Cc2ccn[nH]2)C1. The zero-order chi connectivity index (χ0) is 15.5. The fraction of sp³-hybridized carbons (Fsp3) is 0.412. The smallest absolute Gasteiger partial charge is 0.167 e. The van der Waals surface area contributed by atoms with E-state index in [2.05, 4.69) is 15.1 Å². The second-order valence-electron chi connectivity index (χ2n) is 5.98. The molecule has 4 nitrogen and oxygen atoms in total. The van der Waals surface area contributed by atoms with Crippen LogP contribution in [0.3, 0.4) is 0 Å². The van der Waals surface area contributed by atoms with E-state index in [9.17, 15) is 4.79 Å². The fourth-order valence-electron chi connectivity index (χ4n) is 3.15. The van der Waals surface area contributed by atoms with Gasteiger partial charge in [-0.2, -0.15) is 5.10 Å². The van der Waals surface area contributed by atoms with E-state index >= 15 is 0 Å². The molecule has 0 saturated carbocycles. The molecule has 1 atom stereocenters. The van der Waals surface area contributed by atoms with Gasteiger partial charge in [0.1, 0.15) is 0 Å². The maximum Gasteiger partial charge on any atom is 0.167 e. The molecule has 0 radical (unpaired) electrons. The summed E-state index contributed by atoms with van der Waals surface area (Å²) in [4.78, 5) is 15.1. The molecule has 0 bridgehead atoms. The van der Waals surface area contributed by atoms with Crippen molar-refractivity contribution < 1.29 is 4.79 Å². The van der Waals surface area contributed by atoms with E-state index in [1.165, 1.54) is 0 Å². The van der Waals surface area contributed by atoms with Gasteiger partial charge in [0.15, 0.2) is 5.78 Å². The first kappa shape index (κ1) is 15.3. The Balaban J connectivity index is 1.69. The molecule has 5 heteroatoms. The molecule has 1 aromatic heterocycles. The molecule has 2 aromatic rings. The number of piperidine rings is 1. The Morgan fingerprint density at radius 2 is 2.32 bits per heavy atom. The van der Waals surface area contributed by atoms with Crippen LogP contribution in [0.5, 0.6) is 0 Å². The minimum absolute atomic E-state index is 0.0662. The molecule has 1 unspecified atom stereocenters. The highest BCUT2D eigenvalue weighted by atomic mass is 35.5. The minimum atomic E-state index is 0.0662. The molecule has 1 fully saturated rings. The summed E-state index contributed by atoms with van der Waals surface area (Å²) < 4.78 is 0. The highest BCUT2D eigenvalue weighted by Crippen LogP contribution is 2.24. The van der Waals surface area contributed by atoms with Crippen LogP contribution in [0.4, 0.5) is 0 Å². The zero-order valence-corrected chi connectivity index (χ0v) is 13.4. The molecule has 2 heterocycles. The summed E-state index contributed by atoms with van der Waals surface area (Å²) in [5.74, 6) is 0.306. The summed E-state index contributed by atoms with van der Waals surface area (Å²) in [6, 6.07) is 7.50. The second-order valence-corrected chi connectivity index (χ2v) is 6.42. The lowest BCUT2D eigenvalue weighted by Crippen LogP contribution is -2.38. The van der Waals surface area contributed by atoms with Gasteiger partial charge >= 0.3 is 0 Å². The van der Waals surface area contributed by atoms with E-state index in [0.29, 0.717) is 5.02 Å². The molecule has 1 aliphatic heterocycles. The standard InChI is InChI=1S/C17H20ClN3O/c1-12-9-14(18)4-5-16(12)17(22)13-3-2-8-21(10-13)11-15-6-7-19-20-15/h4-7,9,13H,2-3,8,10-11H2,1H3,(H,19,20). The van der Waals surface area contributed by atoms with Crippen molar-refractivity contribution in [3.8, 4) is 0 Å². The number of aryl methyl sites for hydroxylation is 1. The number of nitrogens with one attached hydrogen (secondary N) is 1. The van der Waals surface area contributed by atoms with E-state index in [0.717, 1.165) is 49.3 Å². The molecule has 0 aliphatic carbocycles. The summed E-state index contributed by atoms with van der Waals surface area (Å²) >= 11 is 5.98. The number of H-pyrrole nitrogens is 1. The predicted molar refractivity (Wildman–Crippen MR) is 87.1 cm³/mol. The quantitative estimate of drug-likeness (QED) is 0.878. The molecule has 0 spiro atoms. The Morgan fingerprint density at radius 3 is 3.05 bits per heavy atom. The van der Waals surface area contributed by atoms with Gasteiger partial charge in [0.2, 0.25) is 0 Å². The van der Waals surface area contributed by atoms with Gasteiger partial charge < -0.3 is 0 Å². The summed E-state index contributed by atoms with van der Waals surface area (Å²) in [5, 5.41) is 7.64. The third-order valence-corrected chi connectivity index (χ3v) is 4.52. The topological polar surface area (TPSA) is 49.0 Å². The summed E-state index contributed by atoms with van der Waals surface area (Å²) in [5.41, 5.74) is 2.86. The number of benzene rings is 1. The van der Waals surface area contributed by atoms with Crippen LogP contribution < -0.4 is 0 Å². The highest BCUT2D eigenvalue weighted by molar-refractivity contribution is 6.30. The monoisotopic (exact) mass is 317 g/mol. The lowest BCUT2D eigenvalue weighted by molar-refractivity contribution is 0.0809. The Kier molecular flexibility index (Phi) is 4.60. The number of hydrogen-bond acceptors (Lipinski definition) is 3. The summed E-state index contributed by atoms with van der Waals surface area (Å²) in [6.07, 6.45) is 3.77. The van der Waals surface area contributed by atoms with E-state index in [4.69, 9.17) is 11.6 Å². The summed E-state index contributed by atoms with van der Waals surface area (Å²) in [6.45, 7) is 4.61. The van der Waals surface area contributed by atoms with Crippen LogP contribution in [0.2, 0.25) is 5.02 Å². The first-order chi connectivity index (χ1) is 10.6. The van der Waals surface area contributed by atoms with E-state index < -0.39 is 0 Å². The van der Waals surface area contributed by atoms with Crippen molar-refractivity contribution in [2.24, 2.45) is 5.92 Å². The van der Waals surface area contributed by atoms with Crippen LogP contribution in [-0.2, 0) is 6.54 Å². The number of aromatic amines is 1. The van der Waals surface area contributed by atoms with Crippen molar-refractivity contribution in [1.82, 2.24) is 15.1 Å². The fourth-order valence-corrected chi connectivity index (χ4v) is 3.38. The van der Waals surface area contributed by atoms with Crippen molar-refractivity contribution in [3.05, 3.63) is 52.3 Å².